The lowest BCUT2D eigenvalue weighted by atomic mass is 10.1. The van der Waals surface area contributed by atoms with Gasteiger partial charge in [-0.05, 0) is 24.5 Å². The molecule has 29 heavy (non-hydrogen) atoms. The number of carbonyl (C=O) groups excluding carboxylic acids is 2. The molecule has 154 valence electrons. The Balaban J connectivity index is 1.72. The summed E-state index contributed by atoms with van der Waals surface area (Å²) < 4.78 is 33.8. The molecule has 0 aliphatic carbocycles. The summed E-state index contributed by atoms with van der Waals surface area (Å²) in [5, 5.41) is 2.74. The highest BCUT2D eigenvalue weighted by Gasteiger charge is 2.32. The summed E-state index contributed by atoms with van der Waals surface area (Å²) in [6.45, 7) is 0. The molecule has 1 fully saturated rings. The van der Waals surface area contributed by atoms with E-state index in [4.69, 9.17) is 9.47 Å². The monoisotopic (exact) mass is 417 g/mol. The molecule has 2 aromatic carbocycles. The fourth-order valence-corrected chi connectivity index (χ4v) is 5.12. The minimum absolute atomic E-state index is 0.0197. The number of sulfone groups is 1. The molecule has 0 radical (unpaired) electrons. The maximum atomic E-state index is 12.9. The Morgan fingerprint density at radius 2 is 1.90 bits per heavy atom. The van der Waals surface area contributed by atoms with Crippen molar-refractivity contribution in [2.45, 2.75) is 18.9 Å². The van der Waals surface area contributed by atoms with Crippen LogP contribution < -0.4 is 10.1 Å². The number of benzene rings is 2. The van der Waals surface area contributed by atoms with Crippen LogP contribution in [0.25, 0.3) is 0 Å². The molecule has 2 atom stereocenters. The van der Waals surface area contributed by atoms with E-state index in [1.54, 1.807) is 54.6 Å². The van der Waals surface area contributed by atoms with Gasteiger partial charge in [-0.2, -0.15) is 0 Å². The molecule has 2 aromatic rings. The Morgan fingerprint density at radius 1 is 1.14 bits per heavy atom. The summed E-state index contributed by atoms with van der Waals surface area (Å²) in [5.41, 5.74) is 1.04. The zero-order valence-electron chi connectivity index (χ0n) is 16.0. The number of hydrogen-bond acceptors (Lipinski definition) is 6. The highest BCUT2D eigenvalue weighted by atomic mass is 32.2. The highest BCUT2D eigenvalue weighted by Crippen LogP contribution is 2.26. The molecule has 0 aromatic heterocycles. The van der Waals surface area contributed by atoms with Gasteiger partial charge in [0.15, 0.2) is 9.84 Å². The Kier molecular flexibility index (Phi) is 6.53. The Morgan fingerprint density at radius 3 is 2.55 bits per heavy atom. The molecule has 0 bridgehead atoms. The molecule has 0 unspecified atom stereocenters. The largest absolute Gasteiger partial charge is 0.497 e. The van der Waals surface area contributed by atoms with Crippen molar-refractivity contribution >= 4 is 27.4 Å². The van der Waals surface area contributed by atoms with E-state index < -0.39 is 27.8 Å². The topological polar surface area (TPSA) is 98.8 Å². The van der Waals surface area contributed by atoms with Gasteiger partial charge in [0.1, 0.15) is 5.75 Å². The lowest BCUT2D eigenvalue weighted by Gasteiger charge is -2.19. The standard InChI is InChI=1S/C21H23NO6S/c1-27-18-9-5-8-17(13-18)22-21(24)20(16-6-3-2-4-7-16)28-19(23)12-15-10-11-29(25,26)14-15/h2-9,13,15,20H,10-12,14H2,1H3,(H,22,24)/t15-,20+/m1/s1. The number of carbonyl (C=O) groups is 2. The first-order chi connectivity index (χ1) is 13.9. The number of hydrogen-bond donors (Lipinski definition) is 1. The number of methoxy groups -OCH3 is 1. The zero-order valence-corrected chi connectivity index (χ0v) is 16.9. The average Bonchev–Trinajstić information content (AvgIpc) is 3.05. The number of rotatable bonds is 7. The summed E-state index contributed by atoms with van der Waals surface area (Å²) in [7, 11) is -1.56. The molecule has 3 rings (SSSR count). The molecule has 0 spiro atoms. The van der Waals surface area contributed by atoms with E-state index in [2.05, 4.69) is 5.32 Å². The fraction of sp³-hybridized carbons (Fsp3) is 0.333. The van der Waals surface area contributed by atoms with Crippen LogP contribution in [0.15, 0.2) is 54.6 Å². The molecule has 1 saturated heterocycles. The first kappa shape index (κ1) is 20.9. The van der Waals surface area contributed by atoms with Crippen molar-refractivity contribution in [3.8, 4) is 5.75 Å². The van der Waals surface area contributed by atoms with Crippen LogP contribution in [-0.2, 0) is 24.2 Å². The normalized spacial score (nSPS) is 18.6. The van der Waals surface area contributed by atoms with Crippen molar-refractivity contribution in [2.24, 2.45) is 5.92 Å². The van der Waals surface area contributed by atoms with Crippen LogP contribution in [0.1, 0.15) is 24.5 Å². The second-order valence-corrected chi connectivity index (χ2v) is 9.20. The third-order valence-corrected chi connectivity index (χ3v) is 6.55. The summed E-state index contributed by atoms with van der Waals surface area (Å²) >= 11 is 0. The molecule has 1 amide bonds. The molecule has 0 saturated carbocycles. The van der Waals surface area contributed by atoms with Crippen molar-refractivity contribution in [2.75, 3.05) is 23.9 Å². The molecule has 1 aliphatic rings. The van der Waals surface area contributed by atoms with Crippen LogP contribution in [0.4, 0.5) is 5.69 Å². The van der Waals surface area contributed by atoms with Crippen LogP contribution in [0.3, 0.4) is 0 Å². The van der Waals surface area contributed by atoms with E-state index in [0.29, 0.717) is 23.4 Å². The molecule has 8 heteroatoms. The van der Waals surface area contributed by atoms with Gasteiger partial charge in [-0.3, -0.25) is 9.59 Å². The second-order valence-electron chi connectivity index (χ2n) is 6.97. The smallest absolute Gasteiger partial charge is 0.307 e. The minimum Gasteiger partial charge on any atom is -0.497 e. The first-order valence-electron chi connectivity index (χ1n) is 9.26. The lowest BCUT2D eigenvalue weighted by molar-refractivity contribution is -0.155. The highest BCUT2D eigenvalue weighted by molar-refractivity contribution is 7.91. The van der Waals surface area contributed by atoms with Gasteiger partial charge in [0.2, 0.25) is 6.10 Å². The van der Waals surface area contributed by atoms with E-state index in [1.807, 2.05) is 0 Å². The fourth-order valence-electron chi connectivity index (χ4n) is 3.26. The van der Waals surface area contributed by atoms with Gasteiger partial charge < -0.3 is 14.8 Å². The number of nitrogens with one attached hydrogen (secondary N) is 1. The van der Waals surface area contributed by atoms with Crippen molar-refractivity contribution in [3.05, 3.63) is 60.2 Å². The van der Waals surface area contributed by atoms with E-state index in [1.165, 1.54) is 7.11 Å². The number of ether oxygens (including phenoxy) is 2. The Labute approximate surface area is 169 Å². The molecular weight excluding hydrogens is 394 g/mol. The van der Waals surface area contributed by atoms with Crippen molar-refractivity contribution in [1.82, 2.24) is 0 Å². The first-order valence-corrected chi connectivity index (χ1v) is 11.1. The average molecular weight is 417 g/mol. The lowest BCUT2D eigenvalue weighted by Crippen LogP contribution is -2.26. The van der Waals surface area contributed by atoms with Gasteiger partial charge in [0.25, 0.3) is 5.91 Å². The van der Waals surface area contributed by atoms with Crippen LogP contribution in [0.5, 0.6) is 5.75 Å². The van der Waals surface area contributed by atoms with Crippen molar-refractivity contribution in [3.63, 3.8) is 0 Å². The summed E-state index contributed by atoms with van der Waals surface area (Å²) in [6.07, 6.45) is -0.744. The predicted molar refractivity (Wildman–Crippen MR) is 108 cm³/mol. The van der Waals surface area contributed by atoms with E-state index >= 15 is 0 Å². The number of esters is 1. The molecular formula is C21H23NO6S. The zero-order chi connectivity index (χ0) is 20.9. The molecule has 1 heterocycles. The Hall–Kier alpha value is -2.87. The quantitative estimate of drug-likeness (QED) is 0.696. The van der Waals surface area contributed by atoms with Gasteiger partial charge in [-0.25, -0.2) is 8.42 Å². The van der Waals surface area contributed by atoms with E-state index in [0.717, 1.165) is 0 Å². The predicted octanol–water partition coefficient (Wildman–Crippen LogP) is 2.74. The Bertz CT molecular complexity index is 974. The van der Waals surface area contributed by atoms with Crippen molar-refractivity contribution in [1.29, 1.82) is 0 Å². The summed E-state index contributed by atoms with van der Waals surface area (Å²) in [5.74, 6) is -0.722. The maximum Gasteiger partial charge on any atom is 0.307 e. The van der Waals surface area contributed by atoms with E-state index in [9.17, 15) is 18.0 Å². The van der Waals surface area contributed by atoms with Gasteiger partial charge in [-0.1, -0.05) is 36.4 Å². The number of anilines is 1. The summed E-state index contributed by atoms with van der Waals surface area (Å²) in [6, 6.07) is 15.5. The van der Waals surface area contributed by atoms with Crippen LogP contribution in [-0.4, -0.2) is 38.9 Å². The van der Waals surface area contributed by atoms with Gasteiger partial charge in [0, 0.05) is 23.7 Å². The van der Waals surface area contributed by atoms with Gasteiger partial charge >= 0.3 is 5.97 Å². The molecule has 7 nitrogen and oxygen atoms in total. The van der Waals surface area contributed by atoms with Crippen molar-refractivity contribution < 1.29 is 27.5 Å². The van der Waals surface area contributed by atoms with Crippen LogP contribution in [0, 0.1) is 5.92 Å². The van der Waals surface area contributed by atoms with Crippen LogP contribution >= 0.6 is 0 Å². The maximum absolute atomic E-state index is 12.9. The SMILES string of the molecule is COc1cccc(NC(=O)[C@@H](OC(=O)C[C@H]2CCS(=O)(=O)C2)c2ccccc2)c1. The van der Waals surface area contributed by atoms with Gasteiger partial charge in [0.05, 0.1) is 18.6 Å². The van der Waals surface area contributed by atoms with E-state index in [-0.39, 0.29) is 23.8 Å². The van der Waals surface area contributed by atoms with Gasteiger partial charge in [-0.15, -0.1) is 0 Å². The summed E-state index contributed by atoms with van der Waals surface area (Å²) in [4.78, 5) is 25.3. The minimum atomic E-state index is -3.08. The second kappa shape index (κ2) is 9.09. The third kappa shape index (κ3) is 5.80. The number of amides is 1. The molecule has 1 aliphatic heterocycles. The van der Waals surface area contributed by atoms with Crippen LogP contribution in [0.2, 0.25) is 0 Å². The third-order valence-electron chi connectivity index (χ3n) is 4.71. The molecule has 1 N–H and O–H groups in total.